The highest BCUT2D eigenvalue weighted by molar-refractivity contribution is 6.17. The summed E-state index contributed by atoms with van der Waals surface area (Å²) in [5.74, 6) is 0.874. The number of benzene rings is 2. The van der Waals surface area contributed by atoms with Gasteiger partial charge in [-0.2, -0.15) is 0 Å². The number of fused-ring (bicyclic) bond motifs is 5. The van der Waals surface area contributed by atoms with Crippen LogP contribution in [0.25, 0.3) is 16.6 Å². The van der Waals surface area contributed by atoms with Gasteiger partial charge in [-0.05, 0) is 30.3 Å². The molecule has 0 atom stereocenters. The molecule has 0 radical (unpaired) electrons. The third-order valence-electron chi connectivity index (χ3n) is 3.65. The first kappa shape index (κ1) is 10.4. The number of ketones is 1. The minimum atomic E-state index is 0.0776. The van der Waals surface area contributed by atoms with Crippen LogP contribution in [-0.2, 0) is 0 Å². The Hall–Kier alpha value is -2.55. The van der Waals surface area contributed by atoms with Crippen LogP contribution < -0.4 is 4.74 Å². The average Bonchev–Trinajstić information content (AvgIpc) is 2.96. The lowest BCUT2D eigenvalue weighted by molar-refractivity contribution is 0.104. The molecule has 19 heavy (non-hydrogen) atoms. The van der Waals surface area contributed by atoms with E-state index in [1.54, 1.807) is 7.11 Å². The van der Waals surface area contributed by atoms with Crippen molar-refractivity contribution < 1.29 is 9.53 Å². The van der Waals surface area contributed by atoms with Crippen molar-refractivity contribution in [2.24, 2.45) is 0 Å². The third-order valence-corrected chi connectivity index (χ3v) is 3.65. The molecule has 3 nitrogen and oxygen atoms in total. The second-order valence-corrected chi connectivity index (χ2v) is 4.60. The first-order valence-corrected chi connectivity index (χ1v) is 6.14. The lowest BCUT2D eigenvalue weighted by Crippen LogP contribution is -1.94. The van der Waals surface area contributed by atoms with Crippen molar-refractivity contribution in [1.29, 1.82) is 0 Å². The summed E-state index contributed by atoms with van der Waals surface area (Å²) in [7, 11) is 1.65. The molecular weight excluding hydrogens is 238 g/mol. The van der Waals surface area contributed by atoms with E-state index in [0.29, 0.717) is 5.69 Å². The summed E-state index contributed by atoms with van der Waals surface area (Å²) < 4.78 is 7.37. The van der Waals surface area contributed by atoms with Crippen LogP contribution in [0.1, 0.15) is 16.1 Å². The first-order chi connectivity index (χ1) is 9.31. The second kappa shape index (κ2) is 3.48. The van der Waals surface area contributed by atoms with Gasteiger partial charge in [0.2, 0.25) is 5.78 Å². The molecule has 92 valence electrons. The summed E-state index contributed by atoms with van der Waals surface area (Å²) in [5.41, 5.74) is 3.43. The number of methoxy groups -OCH3 is 1. The van der Waals surface area contributed by atoms with Gasteiger partial charge in [0.15, 0.2) is 0 Å². The van der Waals surface area contributed by atoms with E-state index in [1.165, 1.54) is 0 Å². The maximum atomic E-state index is 12.4. The van der Waals surface area contributed by atoms with E-state index >= 15 is 0 Å². The predicted octanol–water partition coefficient (Wildman–Crippen LogP) is 3.18. The van der Waals surface area contributed by atoms with E-state index in [0.717, 1.165) is 27.9 Å². The highest BCUT2D eigenvalue weighted by atomic mass is 16.5. The third kappa shape index (κ3) is 1.19. The maximum Gasteiger partial charge on any atom is 0.211 e. The topological polar surface area (TPSA) is 31.2 Å². The fourth-order valence-corrected chi connectivity index (χ4v) is 2.81. The van der Waals surface area contributed by atoms with Crippen molar-refractivity contribution in [3.63, 3.8) is 0 Å². The molecule has 0 fully saturated rings. The summed E-state index contributed by atoms with van der Waals surface area (Å²) in [6.45, 7) is 0. The molecule has 1 aliphatic rings. The van der Waals surface area contributed by atoms with E-state index in [-0.39, 0.29) is 5.78 Å². The van der Waals surface area contributed by atoms with E-state index < -0.39 is 0 Å². The zero-order valence-electron chi connectivity index (χ0n) is 10.4. The standard InChI is InChI=1S/C16H11NO2/c1-19-15-8-4-7-13-11(15)9-14-16(18)10-5-2-3-6-12(10)17(13)14/h2-9H,1H3. The van der Waals surface area contributed by atoms with Gasteiger partial charge in [-0.15, -0.1) is 0 Å². The molecule has 2 aromatic carbocycles. The fraction of sp³-hybridized carbons (Fsp3) is 0.0625. The number of carbonyl (C=O) groups is 1. The minimum Gasteiger partial charge on any atom is -0.496 e. The average molecular weight is 249 g/mol. The number of ether oxygens (including phenoxy) is 1. The summed E-state index contributed by atoms with van der Waals surface area (Å²) in [6.07, 6.45) is 0. The number of hydrogen-bond acceptors (Lipinski definition) is 2. The van der Waals surface area contributed by atoms with Gasteiger partial charge >= 0.3 is 0 Å². The number of nitrogens with zero attached hydrogens (tertiary/aromatic N) is 1. The predicted molar refractivity (Wildman–Crippen MR) is 73.3 cm³/mol. The molecule has 0 saturated heterocycles. The smallest absolute Gasteiger partial charge is 0.211 e. The lowest BCUT2D eigenvalue weighted by Gasteiger charge is -2.05. The van der Waals surface area contributed by atoms with E-state index in [4.69, 9.17) is 4.74 Å². The van der Waals surface area contributed by atoms with Gasteiger partial charge in [-0.25, -0.2) is 0 Å². The Morgan fingerprint density at radius 3 is 2.74 bits per heavy atom. The fourth-order valence-electron chi connectivity index (χ4n) is 2.81. The summed E-state index contributed by atoms with van der Waals surface area (Å²) in [6, 6.07) is 15.5. The molecule has 3 aromatic rings. The molecule has 0 unspecified atom stereocenters. The Labute approximate surface area is 110 Å². The van der Waals surface area contributed by atoms with Crippen molar-refractivity contribution in [3.05, 3.63) is 59.8 Å². The van der Waals surface area contributed by atoms with Crippen molar-refractivity contribution in [2.75, 3.05) is 7.11 Å². The summed E-state index contributed by atoms with van der Waals surface area (Å²) in [4.78, 5) is 12.4. The molecule has 1 aliphatic heterocycles. The maximum absolute atomic E-state index is 12.4. The van der Waals surface area contributed by atoms with Gasteiger partial charge in [0, 0.05) is 10.9 Å². The van der Waals surface area contributed by atoms with E-state index in [2.05, 4.69) is 0 Å². The molecule has 4 rings (SSSR count). The monoisotopic (exact) mass is 249 g/mol. The minimum absolute atomic E-state index is 0.0776. The second-order valence-electron chi connectivity index (χ2n) is 4.60. The van der Waals surface area contributed by atoms with Gasteiger partial charge in [0.1, 0.15) is 5.75 Å². The van der Waals surface area contributed by atoms with Crippen LogP contribution in [0.5, 0.6) is 5.75 Å². The zero-order valence-corrected chi connectivity index (χ0v) is 10.4. The van der Waals surface area contributed by atoms with Crippen LogP contribution in [0.4, 0.5) is 0 Å². The van der Waals surface area contributed by atoms with Crippen LogP contribution in [0.15, 0.2) is 48.5 Å². The molecule has 0 N–H and O–H groups in total. The molecule has 2 heterocycles. The summed E-state index contributed by atoms with van der Waals surface area (Å²) in [5, 5.41) is 0.975. The van der Waals surface area contributed by atoms with Gasteiger partial charge in [0.05, 0.1) is 24.0 Å². The molecule has 0 aliphatic carbocycles. The van der Waals surface area contributed by atoms with Gasteiger partial charge in [-0.3, -0.25) is 4.79 Å². The first-order valence-electron chi connectivity index (χ1n) is 6.14. The van der Waals surface area contributed by atoms with Gasteiger partial charge < -0.3 is 9.30 Å². The van der Waals surface area contributed by atoms with Crippen molar-refractivity contribution >= 4 is 16.7 Å². The summed E-state index contributed by atoms with van der Waals surface area (Å²) >= 11 is 0. The number of para-hydroxylation sites is 1. The van der Waals surface area contributed by atoms with Crippen molar-refractivity contribution in [1.82, 2.24) is 4.57 Å². The molecule has 0 amide bonds. The van der Waals surface area contributed by atoms with Crippen LogP contribution in [-0.4, -0.2) is 17.5 Å². The van der Waals surface area contributed by atoms with Gasteiger partial charge in [0.25, 0.3) is 0 Å². The lowest BCUT2D eigenvalue weighted by atomic mass is 10.1. The Bertz CT molecular complexity index is 830. The van der Waals surface area contributed by atoms with Crippen LogP contribution in [0.3, 0.4) is 0 Å². The van der Waals surface area contributed by atoms with Gasteiger partial charge in [-0.1, -0.05) is 18.2 Å². The molecule has 0 saturated carbocycles. The molecule has 3 heteroatoms. The number of hydrogen-bond donors (Lipinski definition) is 0. The molecule has 1 aromatic heterocycles. The van der Waals surface area contributed by atoms with Crippen molar-refractivity contribution in [2.45, 2.75) is 0 Å². The zero-order chi connectivity index (χ0) is 13.0. The Morgan fingerprint density at radius 2 is 1.89 bits per heavy atom. The number of rotatable bonds is 1. The van der Waals surface area contributed by atoms with Crippen LogP contribution >= 0.6 is 0 Å². The van der Waals surface area contributed by atoms with Crippen LogP contribution in [0, 0.1) is 0 Å². The Balaban J connectivity index is 2.16. The SMILES string of the molecule is COc1cccc2c1cc1n2-c2ccccc2C1=O. The van der Waals surface area contributed by atoms with Crippen LogP contribution in [0.2, 0.25) is 0 Å². The Kier molecular flexibility index (Phi) is 1.90. The molecular formula is C16H11NO2. The quantitative estimate of drug-likeness (QED) is 0.519. The number of aromatic nitrogens is 1. The normalized spacial score (nSPS) is 12.6. The largest absolute Gasteiger partial charge is 0.496 e. The van der Waals surface area contributed by atoms with E-state index in [1.807, 2.05) is 53.1 Å². The highest BCUT2D eigenvalue weighted by Crippen LogP contribution is 2.37. The highest BCUT2D eigenvalue weighted by Gasteiger charge is 2.28. The van der Waals surface area contributed by atoms with Crippen molar-refractivity contribution in [3.8, 4) is 11.4 Å². The molecule has 0 bridgehead atoms. The molecule has 0 spiro atoms. The van der Waals surface area contributed by atoms with E-state index in [9.17, 15) is 4.79 Å². The Morgan fingerprint density at radius 1 is 1.05 bits per heavy atom. The number of carbonyl (C=O) groups excluding carboxylic acids is 1.